The Bertz CT molecular complexity index is 421. The molecule has 0 unspecified atom stereocenters. The molecule has 0 fully saturated rings. The van der Waals surface area contributed by atoms with Crippen molar-refractivity contribution in [3.8, 4) is 0 Å². The van der Waals surface area contributed by atoms with Crippen LogP contribution in [0.5, 0.6) is 0 Å². The summed E-state index contributed by atoms with van der Waals surface area (Å²) in [5.41, 5.74) is 1.37. The van der Waals surface area contributed by atoms with Crippen molar-refractivity contribution in [2.75, 3.05) is 24.5 Å². The van der Waals surface area contributed by atoms with Gasteiger partial charge in [0.05, 0.1) is 0 Å². The monoisotopic (exact) mass is 308 g/mol. The highest BCUT2D eigenvalue weighted by Crippen LogP contribution is 2.27. The third-order valence-electron chi connectivity index (χ3n) is 2.88. The van der Waals surface area contributed by atoms with Crippen molar-refractivity contribution in [1.82, 2.24) is 5.32 Å². The summed E-state index contributed by atoms with van der Waals surface area (Å²) < 4.78 is 37.8. The highest BCUT2D eigenvalue weighted by molar-refractivity contribution is 6.30. The van der Waals surface area contributed by atoms with E-state index >= 15 is 0 Å². The topological polar surface area (TPSA) is 15.3 Å². The second kappa shape index (κ2) is 7.74. The van der Waals surface area contributed by atoms with Crippen molar-refractivity contribution >= 4 is 17.3 Å². The minimum absolute atomic E-state index is 0.294. The molecule has 0 spiro atoms. The summed E-state index contributed by atoms with van der Waals surface area (Å²) in [5, 5.41) is 3.73. The van der Waals surface area contributed by atoms with E-state index < -0.39 is 12.7 Å². The summed E-state index contributed by atoms with van der Waals surface area (Å²) in [7, 11) is 0. The van der Waals surface area contributed by atoms with Crippen molar-refractivity contribution in [2.45, 2.75) is 33.0 Å². The molecule has 0 aliphatic rings. The van der Waals surface area contributed by atoms with Gasteiger partial charge in [-0.1, -0.05) is 18.5 Å². The number of benzene rings is 1. The molecule has 0 aromatic heterocycles. The number of anilines is 1. The van der Waals surface area contributed by atoms with E-state index in [9.17, 15) is 13.2 Å². The number of rotatable bonds is 7. The van der Waals surface area contributed by atoms with Crippen LogP contribution in [0.1, 0.15) is 25.8 Å². The average molecular weight is 309 g/mol. The Kier molecular flexibility index (Phi) is 6.62. The molecule has 0 saturated heterocycles. The molecule has 1 rings (SSSR count). The van der Waals surface area contributed by atoms with Gasteiger partial charge in [0.15, 0.2) is 0 Å². The lowest BCUT2D eigenvalue weighted by Gasteiger charge is -2.27. The number of nitrogens with zero attached hydrogens (tertiary/aromatic N) is 1. The Morgan fingerprint density at radius 1 is 1.25 bits per heavy atom. The van der Waals surface area contributed by atoms with Gasteiger partial charge in [0.2, 0.25) is 0 Å². The van der Waals surface area contributed by atoms with Gasteiger partial charge in [-0.15, -0.1) is 0 Å². The van der Waals surface area contributed by atoms with Gasteiger partial charge < -0.3 is 10.2 Å². The molecular formula is C14H20ClF3N2. The molecule has 0 aliphatic carbocycles. The Morgan fingerprint density at radius 3 is 2.50 bits per heavy atom. The summed E-state index contributed by atoms with van der Waals surface area (Å²) in [6.45, 7) is 4.42. The maximum absolute atomic E-state index is 12.6. The predicted molar refractivity (Wildman–Crippen MR) is 77.4 cm³/mol. The molecule has 6 heteroatoms. The van der Waals surface area contributed by atoms with Crippen molar-refractivity contribution in [1.29, 1.82) is 0 Å². The SMILES string of the molecule is CCCNCc1cc(Cl)ccc1N(CC)CC(F)(F)F. The maximum atomic E-state index is 12.6. The molecule has 2 nitrogen and oxygen atoms in total. The van der Waals surface area contributed by atoms with Gasteiger partial charge in [-0.3, -0.25) is 0 Å². The Hall–Kier alpha value is -0.940. The quantitative estimate of drug-likeness (QED) is 0.758. The van der Waals surface area contributed by atoms with Crippen LogP contribution in [0, 0.1) is 0 Å². The first-order chi connectivity index (χ1) is 9.37. The number of hydrogen-bond donors (Lipinski definition) is 1. The van der Waals surface area contributed by atoms with Crippen molar-refractivity contribution in [3.63, 3.8) is 0 Å². The van der Waals surface area contributed by atoms with E-state index in [0.717, 1.165) is 18.5 Å². The van der Waals surface area contributed by atoms with Crippen LogP contribution in [-0.4, -0.2) is 25.8 Å². The standard InChI is InChI=1S/C14H20ClF3N2/c1-3-7-19-9-11-8-12(15)5-6-13(11)20(4-2)10-14(16,17)18/h5-6,8,19H,3-4,7,9-10H2,1-2H3. The normalized spacial score (nSPS) is 11.7. The fraction of sp³-hybridized carbons (Fsp3) is 0.571. The molecule has 1 aromatic carbocycles. The third kappa shape index (κ3) is 5.59. The van der Waals surface area contributed by atoms with Crippen LogP contribution in [0.3, 0.4) is 0 Å². The smallest absolute Gasteiger partial charge is 0.363 e. The second-order valence-electron chi connectivity index (χ2n) is 4.58. The van der Waals surface area contributed by atoms with Gasteiger partial charge in [-0.05, 0) is 43.7 Å². The van der Waals surface area contributed by atoms with Crippen LogP contribution in [0.4, 0.5) is 18.9 Å². The van der Waals surface area contributed by atoms with Gasteiger partial charge in [-0.25, -0.2) is 0 Å². The highest BCUT2D eigenvalue weighted by Gasteiger charge is 2.31. The summed E-state index contributed by atoms with van der Waals surface area (Å²) in [5.74, 6) is 0. The zero-order chi connectivity index (χ0) is 15.2. The van der Waals surface area contributed by atoms with E-state index in [2.05, 4.69) is 5.32 Å². The van der Waals surface area contributed by atoms with Crippen LogP contribution in [0.2, 0.25) is 5.02 Å². The Balaban J connectivity index is 2.95. The lowest BCUT2D eigenvalue weighted by Crippen LogP contribution is -2.35. The van der Waals surface area contributed by atoms with E-state index in [1.807, 2.05) is 6.92 Å². The van der Waals surface area contributed by atoms with Crippen LogP contribution in [0.15, 0.2) is 18.2 Å². The predicted octanol–water partition coefficient (Wildman–Crippen LogP) is 4.23. The van der Waals surface area contributed by atoms with E-state index in [-0.39, 0.29) is 0 Å². The number of alkyl halides is 3. The number of hydrogen-bond acceptors (Lipinski definition) is 2. The molecule has 0 saturated carbocycles. The first-order valence-corrected chi connectivity index (χ1v) is 7.06. The molecule has 0 heterocycles. The second-order valence-corrected chi connectivity index (χ2v) is 5.02. The minimum Gasteiger partial charge on any atom is -0.363 e. The lowest BCUT2D eigenvalue weighted by molar-refractivity contribution is -0.119. The summed E-state index contributed by atoms with van der Waals surface area (Å²) >= 11 is 5.94. The summed E-state index contributed by atoms with van der Waals surface area (Å²) in [4.78, 5) is 1.32. The van der Waals surface area contributed by atoms with Crippen molar-refractivity contribution in [2.24, 2.45) is 0 Å². The molecular weight excluding hydrogens is 289 g/mol. The molecule has 1 N–H and O–H groups in total. The van der Waals surface area contributed by atoms with E-state index in [1.165, 1.54) is 4.90 Å². The zero-order valence-corrected chi connectivity index (χ0v) is 12.5. The molecule has 0 radical (unpaired) electrons. The maximum Gasteiger partial charge on any atom is 0.405 e. The number of halogens is 4. The van der Waals surface area contributed by atoms with Crippen molar-refractivity contribution < 1.29 is 13.2 Å². The van der Waals surface area contributed by atoms with Gasteiger partial charge in [0.25, 0.3) is 0 Å². The fourth-order valence-corrected chi connectivity index (χ4v) is 2.18. The van der Waals surface area contributed by atoms with Gasteiger partial charge in [0.1, 0.15) is 6.54 Å². The van der Waals surface area contributed by atoms with Gasteiger partial charge in [-0.2, -0.15) is 13.2 Å². The molecule has 0 aliphatic heterocycles. The van der Waals surface area contributed by atoms with Crippen LogP contribution in [-0.2, 0) is 6.54 Å². The first kappa shape index (κ1) is 17.1. The van der Waals surface area contributed by atoms with E-state index in [4.69, 9.17) is 11.6 Å². The fourth-order valence-electron chi connectivity index (χ4n) is 1.99. The summed E-state index contributed by atoms with van der Waals surface area (Å²) in [6, 6.07) is 5.00. The molecule has 0 amide bonds. The van der Waals surface area contributed by atoms with Gasteiger partial charge >= 0.3 is 6.18 Å². The van der Waals surface area contributed by atoms with Crippen LogP contribution >= 0.6 is 11.6 Å². The third-order valence-corrected chi connectivity index (χ3v) is 3.11. The molecule has 0 bridgehead atoms. The average Bonchev–Trinajstić information content (AvgIpc) is 2.36. The van der Waals surface area contributed by atoms with Crippen molar-refractivity contribution in [3.05, 3.63) is 28.8 Å². The Morgan fingerprint density at radius 2 is 1.95 bits per heavy atom. The lowest BCUT2D eigenvalue weighted by atomic mass is 10.1. The summed E-state index contributed by atoms with van der Waals surface area (Å²) in [6.07, 6.45) is -3.25. The molecule has 1 aromatic rings. The van der Waals surface area contributed by atoms with Crippen LogP contribution < -0.4 is 10.2 Å². The Labute approximate surface area is 122 Å². The molecule has 20 heavy (non-hydrogen) atoms. The molecule has 0 atom stereocenters. The van der Waals surface area contributed by atoms with E-state index in [1.54, 1.807) is 25.1 Å². The van der Waals surface area contributed by atoms with E-state index in [0.29, 0.717) is 23.8 Å². The molecule has 114 valence electrons. The largest absolute Gasteiger partial charge is 0.405 e. The first-order valence-electron chi connectivity index (χ1n) is 6.68. The number of nitrogens with one attached hydrogen (secondary N) is 1. The highest BCUT2D eigenvalue weighted by atomic mass is 35.5. The van der Waals surface area contributed by atoms with Gasteiger partial charge in [0, 0.05) is 23.8 Å². The minimum atomic E-state index is -4.22. The zero-order valence-electron chi connectivity index (χ0n) is 11.7. The van der Waals surface area contributed by atoms with Crippen LogP contribution in [0.25, 0.3) is 0 Å².